The summed E-state index contributed by atoms with van der Waals surface area (Å²) in [4.78, 5) is 244. The third-order valence-corrected chi connectivity index (χ3v) is 30.0. The smallest absolute Gasteiger partial charge is 0.350 e. The molecule has 8 saturated heterocycles. The van der Waals surface area contributed by atoms with E-state index in [1.807, 2.05) is 0 Å². The van der Waals surface area contributed by atoms with Crippen LogP contribution >= 0.6 is 0 Å². The average molecular weight is 2110 g/mol. The Bertz CT molecular complexity index is 5260. The van der Waals surface area contributed by atoms with Gasteiger partial charge in [0.1, 0.15) is 109 Å². The highest BCUT2D eigenvalue weighted by Crippen LogP contribution is 2.58. The third kappa shape index (κ3) is 30.5. The Balaban J connectivity index is 0.000000194. The Labute approximate surface area is 871 Å². The van der Waals surface area contributed by atoms with Crippen LogP contribution in [0.5, 0.6) is 0 Å². The minimum Gasteiger partial charge on any atom is -0.465 e. The molecule has 23 unspecified atom stereocenters. The molecule has 16 aliphatic rings. The first kappa shape index (κ1) is 121. The van der Waals surface area contributed by atoms with E-state index >= 15 is 0 Å². The van der Waals surface area contributed by atoms with Crippen molar-refractivity contribution in [2.24, 2.45) is 59.2 Å². The molecular weight excluding hydrogens is 1970 g/mol. The van der Waals surface area contributed by atoms with Gasteiger partial charge in [0.2, 0.25) is 11.2 Å². The van der Waals surface area contributed by atoms with Crippen LogP contribution in [-0.4, -0.2) is 252 Å². The van der Waals surface area contributed by atoms with Crippen molar-refractivity contribution in [3.05, 3.63) is 85.6 Å². The molecule has 14 bridgehead atoms. The van der Waals surface area contributed by atoms with Crippen LogP contribution in [-0.2, 0) is 200 Å². The lowest BCUT2D eigenvalue weighted by Crippen LogP contribution is -2.57. The SMILES string of the molecule is C=C(C)C(=O)OC(C)(C)C(=O)OC1CC2CC1C1C(=O)OCC21.C=C(C)C(=O)OCCC(=O)OC1(C)CCC2CC1(C)OC2=O.C=C(C)C(=O)OCCC(=O)OC1(C)CCC2CC1OC2=O.C=C(C)C(=O)OCCC(=O)OC1CC2CCC1(C)OC2=O.C=C(C)C(=O)OCCC(=O)OC1CCC2CC1(C)OC2=O.C=C(C)C(=O)OCCC(=O)OC1CCC2CC1OC2=O.C=CC(=O)OC(C)(C)C(=O)OC1(C)CCC2CC1(C)OC2=O. The quantitative estimate of drug-likeness (QED) is 0.0334. The van der Waals surface area contributed by atoms with Gasteiger partial charge in [-0.25, -0.2) is 43.2 Å². The number of carbonyl (C=O) groups is 21. The Kier molecular flexibility index (Phi) is 40.1. The van der Waals surface area contributed by atoms with Crippen molar-refractivity contribution < 1.29 is 200 Å². The van der Waals surface area contributed by atoms with Gasteiger partial charge >= 0.3 is 125 Å². The van der Waals surface area contributed by atoms with Gasteiger partial charge in [-0.05, 0) is 214 Å². The van der Waals surface area contributed by atoms with Crippen LogP contribution in [0.1, 0.15) is 278 Å². The second-order valence-electron chi connectivity index (χ2n) is 43.4. The van der Waals surface area contributed by atoms with Gasteiger partial charge in [-0.15, -0.1) is 0 Å². The van der Waals surface area contributed by atoms with E-state index in [-0.39, 0.29) is 218 Å². The Hall–Kier alpha value is -12.9. The number of fused-ring (bicyclic) bond motifs is 18. The monoisotopic (exact) mass is 2110 g/mol. The number of ether oxygens (including phenoxy) is 21. The second-order valence-corrected chi connectivity index (χ2v) is 43.4. The highest BCUT2D eigenvalue weighted by atomic mass is 16.7. The molecule has 16 fully saturated rings. The van der Waals surface area contributed by atoms with Gasteiger partial charge in [0, 0.05) is 89.9 Å². The molecular formula is C108H144O42. The van der Waals surface area contributed by atoms with Crippen molar-refractivity contribution >= 4 is 125 Å². The summed E-state index contributed by atoms with van der Waals surface area (Å²) in [5, 5.41) is 0. The van der Waals surface area contributed by atoms with Crippen LogP contribution in [0.25, 0.3) is 0 Å². The van der Waals surface area contributed by atoms with Crippen LogP contribution in [0, 0.1) is 59.2 Å². The van der Waals surface area contributed by atoms with Crippen molar-refractivity contribution in [2.75, 3.05) is 39.6 Å². The first-order valence-corrected chi connectivity index (χ1v) is 50.7. The summed E-state index contributed by atoms with van der Waals surface area (Å²) in [6.07, 6.45) is 11.5. The number of hydrogen-bond donors (Lipinski definition) is 0. The fourth-order valence-electron chi connectivity index (χ4n) is 20.4. The Morgan fingerprint density at radius 3 is 1.25 bits per heavy atom. The van der Waals surface area contributed by atoms with Gasteiger partial charge in [-0.1, -0.05) is 46.1 Å². The van der Waals surface area contributed by atoms with Crippen LogP contribution in [0.2, 0.25) is 0 Å². The highest BCUT2D eigenvalue weighted by molar-refractivity contribution is 5.93. The van der Waals surface area contributed by atoms with E-state index in [4.69, 9.17) is 99.5 Å². The first-order valence-electron chi connectivity index (χ1n) is 50.7. The standard InChI is InChI=1S/C17H22O6.2C16H22O6.3C15H20O6.C14H18O6/c1-8(2)14(18)23-17(3,4)16(20)22-12-6-9-5-10(12)13-11(9)7-21-15(13)19;1-10(2)13(18)20-8-6-12(17)21-15(3)7-5-11-9-16(15,4)22-14(11)19;1-6-11(17)20-14(2,3)13(19)22-15(4)8-7-10-9-16(15,5)21-12(10)18;1-9(2)13(17)19-7-5-12(16)21-15(3)6-4-10-8-11(15)20-14(10)18;1-9(2)13(17)19-7-5-12(16)20-11-8-10-4-6-15(11,3)21-14(10)18;1-9(2)13(17)19-7-6-12(16)20-11-5-4-10-8-15(11,3)21-14(10)18;1-8(2)13(16)18-6-5-12(15)19-10-4-3-9-7-11(10)20-14(9)17/h9-13H,1,5-7H2,2-4H3;11H,1,5-9H2,2-4H3;6,10H,1,7-9H2,2-5H3;3*10-11H,1,4-8H2,2-3H3;9-11H,1,3-7H2,2H3. The molecule has 0 aromatic carbocycles. The van der Waals surface area contributed by atoms with Crippen LogP contribution in [0.15, 0.2) is 85.6 Å². The molecule has 16 rings (SSSR count). The van der Waals surface area contributed by atoms with Crippen molar-refractivity contribution in [1.82, 2.24) is 0 Å². The van der Waals surface area contributed by atoms with E-state index in [1.54, 1.807) is 48.5 Å². The zero-order chi connectivity index (χ0) is 112. The minimum atomic E-state index is -1.44. The van der Waals surface area contributed by atoms with Crippen molar-refractivity contribution in [2.45, 2.75) is 365 Å². The summed E-state index contributed by atoms with van der Waals surface area (Å²) in [7, 11) is 0. The highest BCUT2D eigenvalue weighted by Gasteiger charge is 2.65. The molecule has 0 aromatic heterocycles. The minimum absolute atomic E-state index is 0.0143. The van der Waals surface area contributed by atoms with Gasteiger partial charge in [0.25, 0.3) is 0 Å². The number of hydrogen-bond acceptors (Lipinski definition) is 42. The van der Waals surface area contributed by atoms with Gasteiger partial charge in [-0.2, -0.15) is 0 Å². The largest absolute Gasteiger partial charge is 0.465 e. The lowest BCUT2D eigenvalue weighted by Gasteiger charge is -2.47. The molecule has 0 aromatic rings. The van der Waals surface area contributed by atoms with E-state index in [2.05, 4.69) is 46.1 Å². The summed E-state index contributed by atoms with van der Waals surface area (Å²) in [5.74, 6) is -8.97. The summed E-state index contributed by atoms with van der Waals surface area (Å²) in [6.45, 7) is 51.9. The molecule has 0 N–H and O–H groups in total. The van der Waals surface area contributed by atoms with Crippen molar-refractivity contribution in [3.8, 4) is 0 Å². The topological polar surface area (TPSA) is 552 Å². The molecule has 42 heteroatoms. The summed E-state index contributed by atoms with van der Waals surface area (Å²) >= 11 is 0. The molecule has 0 amide bonds. The van der Waals surface area contributed by atoms with Gasteiger partial charge < -0.3 is 99.5 Å². The van der Waals surface area contributed by atoms with Crippen molar-refractivity contribution in [3.63, 3.8) is 0 Å². The lowest BCUT2D eigenvalue weighted by molar-refractivity contribution is -0.218. The number of esters is 21. The predicted molar refractivity (Wildman–Crippen MR) is 516 cm³/mol. The molecule has 828 valence electrons. The maximum Gasteiger partial charge on any atom is 0.350 e. The normalized spacial score (nSPS) is 31.6. The third-order valence-electron chi connectivity index (χ3n) is 30.0. The molecule has 150 heavy (non-hydrogen) atoms. The summed E-state index contributed by atoms with van der Waals surface area (Å²) < 4.78 is 110. The Morgan fingerprint density at radius 2 is 0.767 bits per heavy atom. The maximum absolute atomic E-state index is 12.4. The van der Waals surface area contributed by atoms with E-state index < -0.39 is 146 Å². The van der Waals surface area contributed by atoms with Gasteiger partial charge in [0.15, 0.2) is 0 Å². The molecule has 8 saturated carbocycles. The number of cyclic esters (lactones) is 1. The summed E-state index contributed by atoms with van der Waals surface area (Å²) in [5.41, 5.74) is -6.81. The summed E-state index contributed by atoms with van der Waals surface area (Å²) in [6, 6.07) is 0. The average Bonchev–Trinajstić information content (AvgIpc) is 1.58. The Morgan fingerprint density at radius 1 is 0.360 bits per heavy atom. The van der Waals surface area contributed by atoms with Crippen molar-refractivity contribution in [1.29, 1.82) is 0 Å². The van der Waals surface area contributed by atoms with E-state index in [0.29, 0.717) is 122 Å². The molecule has 23 atom stereocenters. The fourth-order valence-corrected chi connectivity index (χ4v) is 20.4. The van der Waals surface area contributed by atoms with Crippen LogP contribution in [0.3, 0.4) is 0 Å². The molecule has 0 spiro atoms. The number of carbonyl (C=O) groups excluding carboxylic acids is 21. The van der Waals surface area contributed by atoms with E-state index in [1.165, 1.54) is 69.2 Å². The fraction of sp³-hybridized carbons (Fsp3) is 0.676. The zero-order valence-corrected chi connectivity index (χ0v) is 88.8. The molecule has 8 heterocycles. The number of rotatable bonds is 33. The van der Waals surface area contributed by atoms with Gasteiger partial charge in [-0.3, -0.25) is 57.5 Å². The predicted octanol–water partition coefficient (Wildman–Crippen LogP) is 11.2. The molecule has 8 aliphatic carbocycles. The van der Waals surface area contributed by atoms with Gasteiger partial charge in [0.05, 0.1) is 80.1 Å². The van der Waals surface area contributed by atoms with Crippen LogP contribution < -0.4 is 0 Å². The molecule has 8 aliphatic heterocycles. The zero-order valence-electron chi connectivity index (χ0n) is 88.8. The second kappa shape index (κ2) is 49.9. The lowest BCUT2D eigenvalue weighted by atomic mass is 9.71. The van der Waals surface area contributed by atoms with E-state index in [0.717, 1.165) is 25.3 Å². The first-order chi connectivity index (χ1) is 69.8. The maximum atomic E-state index is 12.4. The molecule has 0 radical (unpaired) electrons. The van der Waals surface area contributed by atoms with E-state index in [9.17, 15) is 101 Å². The molecule has 42 nitrogen and oxygen atoms in total. The van der Waals surface area contributed by atoms with Crippen LogP contribution in [0.4, 0.5) is 0 Å².